The SMILES string of the molecule is CCCNC(=O)c1ccccc1.O=C(O)/C=C/C(=O)O. The van der Waals surface area contributed by atoms with E-state index < -0.39 is 11.9 Å². The lowest BCUT2D eigenvalue weighted by Crippen LogP contribution is -2.23. The summed E-state index contributed by atoms with van der Waals surface area (Å²) in [6.07, 6.45) is 2.09. The van der Waals surface area contributed by atoms with E-state index in [4.69, 9.17) is 10.2 Å². The maximum absolute atomic E-state index is 11.3. The number of carboxylic acid groups (broad SMARTS) is 2. The maximum Gasteiger partial charge on any atom is 0.328 e. The Morgan fingerprint density at radius 1 is 1.05 bits per heavy atom. The second kappa shape index (κ2) is 10.3. The van der Waals surface area contributed by atoms with Crippen LogP contribution < -0.4 is 5.32 Å². The fourth-order valence-electron chi connectivity index (χ4n) is 1.07. The molecule has 0 heterocycles. The van der Waals surface area contributed by atoms with E-state index in [1.54, 1.807) is 0 Å². The number of nitrogens with one attached hydrogen (secondary N) is 1. The molecule has 1 rings (SSSR count). The van der Waals surface area contributed by atoms with Crippen molar-refractivity contribution < 1.29 is 24.6 Å². The third kappa shape index (κ3) is 9.41. The highest BCUT2D eigenvalue weighted by Gasteiger charge is 2.00. The van der Waals surface area contributed by atoms with E-state index in [-0.39, 0.29) is 5.91 Å². The Kier molecular flexibility index (Phi) is 8.95. The summed E-state index contributed by atoms with van der Waals surface area (Å²) in [4.78, 5) is 30.4. The van der Waals surface area contributed by atoms with Crippen molar-refractivity contribution in [3.8, 4) is 0 Å². The summed E-state index contributed by atoms with van der Waals surface area (Å²) in [5, 5.41) is 18.4. The predicted octanol–water partition coefficient (Wildman–Crippen LogP) is 1.54. The van der Waals surface area contributed by atoms with Crippen LogP contribution in [0, 0.1) is 0 Å². The van der Waals surface area contributed by atoms with Gasteiger partial charge < -0.3 is 15.5 Å². The molecule has 0 fully saturated rings. The largest absolute Gasteiger partial charge is 0.478 e. The maximum atomic E-state index is 11.3. The molecule has 0 aliphatic heterocycles. The van der Waals surface area contributed by atoms with E-state index in [2.05, 4.69) is 5.32 Å². The number of hydrogen-bond acceptors (Lipinski definition) is 3. The van der Waals surface area contributed by atoms with Crippen LogP contribution in [0.15, 0.2) is 42.5 Å². The number of carbonyl (C=O) groups excluding carboxylic acids is 1. The van der Waals surface area contributed by atoms with Crippen LogP contribution in [-0.4, -0.2) is 34.6 Å². The van der Waals surface area contributed by atoms with Crippen LogP contribution in [0.1, 0.15) is 23.7 Å². The van der Waals surface area contributed by atoms with Gasteiger partial charge in [0.1, 0.15) is 0 Å². The number of amides is 1. The summed E-state index contributed by atoms with van der Waals surface area (Å²) in [7, 11) is 0. The molecule has 0 unspecified atom stereocenters. The smallest absolute Gasteiger partial charge is 0.328 e. The molecule has 0 aliphatic rings. The molecule has 0 radical (unpaired) electrons. The lowest BCUT2D eigenvalue weighted by molar-refractivity contribution is -0.134. The lowest BCUT2D eigenvalue weighted by Gasteiger charge is -2.01. The molecule has 1 aromatic rings. The first-order valence-corrected chi connectivity index (χ1v) is 5.94. The molecule has 6 nitrogen and oxygen atoms in total. The topological polar surface area (TPSA) is 104 Å². The van der Waals surface area contributed by atoms with Gasteiger partial charge in [0.15, 0.2) is 0 Å². The third-order valence-electron chi connectivity index (χ3n) is 1.94. The summed E-state index contributed by atoms with van der Waals surface area (Å²) in [6, 6.07) is 9.24. The van der Waals surface area contributed by atoms with Crippen molar-refractivity contribution >= 4 is 17.8 Å². The number of aliphatic carboxylic acids is 2. The van der Waals surface area contributed by atoms with Gasteiger partial charge in [0, 0.05) is 24.3 Å². The van der Waals surface area contributed by atoms with E-state index in [0.717, 1.165) is 18.5 Å². The van der Waals surface area contributed by atoms with Crippen LogP contribution in [0.3, 0.4) is 0 Å². The fraction of sp³-hybridized carbons (Fsp3) is 0.214. The van der Waals surface area contributed by atoms with Crippen LogP contribution in [0.4, 0.5) is 0 Å². The summed E-state index contributed by atoms with van der Waals surface area (Å²) >= 11 is 0. The standard InChI is InChI=1S/C10H13NO.C4H4O4/c1-2-8-11-10(12)9-6-4-3-5-7-9;5-3(6)1-2-4(7)8/h3-7H,2,8H2,1H3,(H,11,12);1-2H,(H,5,6)(H,7,8)/b;2-1+. The van der Waals surface area contributed by atoms with Gasteiger partial charge in [0.2, 0.25) is 0 Å². The number of benzene rings is 1. The Labute approximate surface area is 116 Å². The molecule has 6 heteroatoms. The molecule has 3 N–H and O–H groups in total. The Balaban J connectivity index is 0.000000396. The van der Waals surface area contributed by atoms with Crippen molar-refractivity contribution in [3.05, 3.63) is 48.0 Å². The second-order valence-corrected chi connectivity index (χ2v) is 3.63. The molecule has 1 aromatic carbocycles. The van der Waals surface area contributed by atoms with Crippen LogP contribution in [0.5, 0.6) is 0 Å². The average molecular weight is 279 g/mol. The minimum atomic E-state index is -1.26. The predicted molar refractivity (Wildman–Crippen MR) is 73.5 cm³/mol. The van der Waals surface area contributed by atoms with Crippen LogP contribution in [0.2, 0.25) is 0 Å². The first kappa shape index (κ1) is 17.4. The molecule has 0 spiro atoms. The van der Waals surface area contributed by atoms with Gasteiger partial charge in [0.25, 0.3) is 5.91 Å². The van der Waals surface area contributed by atoms with Crippen LogP contribution >= 0.6 is 0 Å². The summed E-state index contributed by atoms with van der Waals surface area (Å²) in [5.41, 5.74) is 0.728. The summed E-state index contributed by atoms with van der Waals surface area (Å²) in [6.45, 7) is 2.78. The van der Waals surface area contributed by atoms with Crippen molar-refractivity contribution in [2.24, 2.45) is 0 Å². The van der Waals surface area contributed by atoms with Crippen molar-refractivity contribution in [1.29, 1.82) is 0 Å². The Hall–Kier alpha value is -2.63. The number of hydrogen-bond donors (Lipinski definition) is 3. The molecular formula is C14H17NO5. The van der Waals surface area contributed by atoms with Gasteiger partial charge in [0.05, 0.1) is 0 Å². The first-order valence-electron chi connectivity index (χ1n) is 5.94. The molecule has 0 aliphatic carbocycles. The summed E-state index contributed by atoms with van der Waals surface area (Å²) < 4.78 is 0. The van der Waals surface area contributed by atoms with Gasteiger partial charge in [-0.15, -0.1) is 0 Å². The zero-order chi connectivity index (χ0) is 15.4. The molecule has 0 atom stereocenters. The minimum Gasteiger partial charge on any atom is -0.478 e. The Morgan fingerprint density at radius 2 is 1.55 bits per heavy atom. The quantitative estimate of drug-likeness (QED) is 0.709. The average Bonchev–Trinajstić information content (AvgIpc) is 2.44. The normalized spacial score (nSPS) is 9.45. The third-order valence-corrected chi connectivity index (χ3v) is 1.94. The molecule has 0 bridgehead atoms. The van der Waals surface area contributed by atoms with E-state index in [9.17, 15) is 14.4 Å². The first-order chi connectivity index (χ1) is 9.47. The van der Waals surface area contributed by atoms with Crippen molar-refractivity contribution in [2.45, 2.75) is 13.3 Å². The minimum absolute atomic E-state index is 0.0115. The van der Waals surface area contributed by atoms with Crippen molar-refractivity contribution in [1.82, 2.24) is 5.32 Å². The molecule has 0 saturated heterocycles. The number of carboxylic acids is 2. The zero-order valence-corrected chi connectivity index (χ0v) is 11.1. The van der Waals surface area contributed by atoms with Gasteiger partial charge in [-0.3, -0.25) is 4.79 Å². The van der Waals surface area contributed by atoms with Crippen molar-refractivity contribution in [2.75, 3.05) is 6.54 Å². The molecular weight excluding hydrogens is 262 g/mol. The number of carbonyl (C=O) groups is 3. The molecule has 0 aromatic heterocycles. The number of rotatable bonds is 5. The van der Waals surface area contributed by atoms with E-state index in [1.807, 2.05) is 37.3 Å². The van der Waals surface area contributed by atoms with E-state index in [1.165, 1.54) is 0 Å². The molecule has 1 amide bonds. The van der Waals surface area contributed by atoms with E-state index in [0.29, 0.717) is 12.2 Å². The molecule has 20 heavy (non-hydrogen) atoms. The van der Waals surface area contributed by atoms with E-state index >= 15 is 0 Å². The van der Waals surface area contributed by atoms with Gasteiger partial charge in [-0.1, -0.05) is 25.1 Å². The van der Waals surface area contributed by atoms with Gasteiger partial charge in [-0.05, 0) is 18.6 Å². The zero-order valence-electron chi connectivity index (χ0n) is 11.1. The fourth-order valence-corrected chi connectivity index (χ4v) is 1.07. The van der Waals surface area contributed by atoms with Gasteiger partial charge in [-0.25, -0.2) is 9.59 Å². The summed E-state index contributed by atoms with van der Waals surface area (Å²) in [5.74, 6) is -2.50. The Bertz CT molecular complexity index is 452. The van der Waals surface area contributed by atoms with Crippen molar-refractivity contribution in [3.63, 3.8) is 0 Å². The van der Waals surface area contributed by atoms with Crippen LogP contribution in [-0.2, 0) is 9.59 Å². The highest BCUT2D eigenvalue weighted by Crippen LogP contribution is 1.97. The highest BCUT2D eigenvalue weighted by molar-refractivity contribution is 5.94. The molecule has 0 saturated carbocycles. The molecule has 108 valence electrons. The Morgan fingerprint density at radius 3 is 1.95 bits per heavy atom. The van der Waals surface area contributed by atoms with Gasteiger partial charge >= 0.3 is 11.9 Å². The second-order valence-electron chi connectivity index (χ2n) is 3.63. The lowest BCUT2D eigenvalue weighted by atomic mass is 10.2. The highest BCUT2D eigenvalue weighted by atomic mass is 16.4. The van der Waals surface area contributed by atoms with Crippen LogP contribution in [0.25, 0.3) is 0 Å². The van der Waals surface area contributed by atoms with Gasteiger partial charge in [-0.2, -0.15) is 0 Å². The monoisotopic (exact) mass is 279 g/mol.